The van der Waals surface area contributed by atoms with Crippen molar-refractivity contribution in [3.63, 3.8) is 0 Å². The first-order valence-electron chi connectivity index (χ1n) is 10.0. The lowest BCUT2D eigenvalue weighted by Gasteiger charge is -2.36. The Labute approximate surface area is 150 Å². The van der Waals surface area contributed by atoms with E-state index in [1.807, 2.05) is 0 Å². The number of aliphatic imine (C=N–C) groups is 1. The number of piperazine rings is 1. The van der Waals surface area contributed by atoms with E-state index in [1.54, 1.807) is 0 Å². The molecule has 1 rings (SSSR count). The maximum Gasteiger partial charge on any atom is 0.191 e. The number of hydrogen-bond donors (Lipinski definition) is 2. The quantitative estimate of drug-likeness (QED) is 0.365. The zero-order chi connectivity index (χ0) is 17.8. The second kappa shape index (κ2) is 12.5. The fraction of sp³-hybridized carbons (Fsp3) is 0.947. The molecule has 5 nitrogen and oxygen atoms in total. The highest BCUT2D eigenvalue weighted by molar-refractivity contribution is 5.80. The molecule has 1 aliphatic rings. The van der Waals surface area contributed by atoms with Crippen molar-refractivity contribution in [3.05, 3.63) is 0 Å². The van der Waals surface area contributed by atoms with E-state index in [2.05, 4.69) is 55.2 Å². The van der Waals surface area contributed by atoms with E-state index in [-0.39, 0.29) is 0 Å². The van der Waals surface area contributed by atoms with Crippen molar-refractivity contribution in [2.45, 2.75) is 71.9 Å². The van der Waals surface area contributed by atoms with E-state index in [1.165, 1.54) is 45.2 Å². The normalized spacial score (nSPS) is 20.0. The van der Waals surface area contributed by atoms with Gasteiger partial charge in [-0.15, -0.1) is 0 Å². The SMILES string of the molecule is CCCCCCC(C)NC(=NCC(C)N1CCN(C)CC1)NCC. The molecule has 0 aromatic heterocycles. The lowest BCUT2D eigenvalue weighted by Crippen LogP contribution is -2.49. The predicted molar refractivity (Wildman–Crippen MR) is 106 cm³/mol. The minimum Gasteiger partial charge on any atom is -0.357 e. The van der Waals surface area contributed by atoms with Crippen LogP contribution in [0.4, 0.5) is 0 Å². The molecule has 5 heteroatoms. The third-order valence-corrected chi connectivity index (χ3v) is 4.89. The summed E-state index contributed by atoms with van der Waals surface area (Å²) in [5, 5.41) is 6.96. The van der Waals surface area contributed by atoms with E-state index in [4.69, 9.17) is 4.99 Å². The summed E-state index contributed by atoms with van der Waals surface area (Å²) < 4.78 is 0. The van der Waals surface area contributed by atoms with Crippen molar-refractivity contribution in [3.8, 4) is 0 Å². The molecule has 0 aliphatic carbocycles. The number of nitrogens with zero attached hydrogens (tertiary/aromatic N) is 3. The third-order valence-electron chi connectivity index (χ3n) is 4.89. The van der Waals surface area contributed by atoms with Crippen LogP contribution >= 0.6 is 0 Å². The highest BCUT2D eigenvalue weighted by atomic mass is 15.3. The summed E-state index contributed by atoms with van der Waals surface area (Å²) in [6.45, 7) is 15.4. The van der Waals surface area contributed by atoms with E-state index < -0.39 is 0 Å². The summed E-state index contributed by atoms with van der Waals surface area (Å²) in [6.07, 6.45) is 6.52. The number of nitrogens with one attached hydrogen (secondary N) is 2. The predicted octanol–water partition coefficient (Wildman–Crippen LogP) is 2.54. The monoisotopic (exact) mass is 339 g/mol. The molecule has 142 valence electrons. The van der Waals surface area contributed by atoms with E-state index >= 15 is 0 Å². The fourth-order valence-electron chi connectivity index (χ4n) is 3.10. The summed E-state index contributed by atoms with van der Waals surface area (Å²) in [4.78, 5) is 9.79. The zero-order valence-electron chi connectivity index (χ0n) is 16.8. The van der Waals surface area contributed by atoms with Crippen molar-refractivity contribution in [1.29, 1.82) is 0 Å². The number of likely N-dealkylation sites (N-methyl/N-ethyl adjacent to an activating group) is 1. The van der Waals surface area contributed by atoms with Crippen LogP contribution in [-0.4, -0.2) is 74.2 Å². The summed E-state index contributed by atoms with van der Waals surface area (Å²) in [5.41, 5.74) is 0. The Balaban J connectivity index is 2.37. The summed E-state index contributed by atoms with van der Waals surface area (Å²) in [7, 11) is 2.20. The largest absolute Gasteiger partial charge is 0.357 e. The van der Waals surface area contributed by atoms with Crippen LogP contribution < -0.4 is 10.6 Å². The summed E-state index contributed by atoms with van der Waals surface area (Å²) in [5.74, 6) is 0.974. The van der Waals surface area contributed by atoms with E-state index in [0.717, 1.165) is 32.1 Å². The Morgan fingerprint density at radius 2 is 1.75 bits per heavy atom. The van der Waals surface area contributed by atoms with Gasteiger partial charge in [-0.1, -0.05) is 32.6 Å². The minimum atomic E-state index is 0.485. The average molecular weight is 340 g/mol. The Bertz CT molecular complexity index is 337. The van der Waals surface area contributed by atoms with E-state index in [9.17, 15) is 0 Å². The molecule has 0 aromatic rings. The summed E-state index contributed by atoms with van der Waals surface area (Å²) in [6, 6.07) is 0.993. The Morgan fingerprint density at radius 1 is 1.04 bits per heavy atom. The molecule has 2 unspecified atom stereocenters. The maximum absolute atomic E-state index is 4.83. The molecule has 0 amide bonds. The second-order valence-electron chi connectivity index (χ2n) is 7.30. The molecule has 0 aromatic carbocycles. The highest BCUT2D eigenvalue weighted by Gasteiger charge is 2.18. The van der Waals surface area contributed by atoms with Crippen molar-refractivity contribution < 1.29 is 0 Å². The van der Waals surface area contributed by atoms with Crippen LogP contribution in [-0.2, 0) is 0 Å². The number of rotatable bonds is 10. The average Bonchev–Trinajstić information content (AvgIpc) is 2.57. The van der Waals surface area contributed by atoms with Crippen LogP contribution in [0.25, 0.3) is 0 Å². The Kier molecular flexibility index (Phi) is 11.1. The van der Waals surface area contributed by atoms with Gasteiger partial charge in [0, 0.05) is 44.8 Å². The lowest BCUT2D eigenvalue weighted by molar-refractivity contribution is 0.122. The van der Waals surface area contributed by atoms with Gasteiger partial charge in [-0.2, -0.15) is 0 Å². The van der Waals surface area contributed by atoms with Crippen LogP contribution in [0.3, 0.4) is 0 Å². The van der Waals surface area contributed by atoms with Crippen LogP contribution in [0.2, 0.25) is 0 Å². The molecule has 1 heterocycles. The van der Waals surface area contributed by atoms with Gasteiger partial charge in [-0.3, -0.25) is 9.89 Å². The van der Waals surface area contributed by atoms with Crippen molar-refractivity contribution >= 4 is 5.96 Å². The van der Waals surface area contributed by atoms with Gasteiger partial charge < -0.3 is 15.5 Å². The van der Waals surface area contributed by atoms with Gasteiger partial charge in [0.1, 0.15) is 0 Å². The van der Waals surface area contributed by atoms with Gasteiger partial charge in [-0.25, -0.2) is 0 Å². The molecule has 1 fully saturated rings. The maximum atomic E-state index is 4.83. The van der Waals surface area contributed by atoms with Crippen LogP contribution in [0.5, 0.6) is 0 Å². The first-order chi connectivity index (χ1) is 11.6. The minimum absolute atomic E-state index is 0.485. The fourth-order valence-corrected chi connectivity index (χ4v) is 3.10. The molecule has 2 atom stereocenters. The number of unbranched alkanes of at least 4 members (excludes halogenated alkanes) is 3. The standard InChI is InChI=1S/C19H41N5/c1-6-8-9-10-11-17(3)22-19(20-7-2)21-16-18(4)24-14-12-23(5)13-15-24/h17-18H,6-16H2,1-5H3,(H2,20,21,22). The van der Waals surface area contributed by atoms with Crippen LogP contribution in [0.15, 0.2) is 4.99 Å². The molecular weight excluding hydrogens is 298 g/mol. The van der Waals surface area contributed by atoms with Gasteiger partial charge in [0.15, 0.2) is 5.96 Å². The lowest BCUT2D eigenvalue weighted by atomic mass is 10.1. The third kappa shape index (κ3) is 8.88. The van der Waals surface area contributed by atoms with Crippen molar-refractivity contribution in [1.82, 2.24) is 20.4 Å². The van der Waals surface area contributed by atoms with Crippen LogP contribution in [0, 0.1) is 0 Å². The van der Waals surface area contributed by atoms with Gasteiger partial charge >= 0.3 is 0 Å². The van der Waals surface area contributed by atoms with Gasteiger partial charge in [0.25, 0.3) is 0 Å². The Morgan fingerprint density at radius 3 is 2.38 bits per heavy atom. The van der Waals surface area contributed by atoms with Crippen molar-refractivity contribution in [2.24, 2.45) is 4.99 Å². The molecule has 0 radical (unpaired) electrons. The molecule has 2 N–H and O–H groups in total. The molecule has 1 aliphatic heterocycles. The van der Waals surface area contributed by atoms with Crippen molar-refractivity contribution in [2.75, 3.05) is 46.3 Å². The van der Waals surface area contributed by atoms with Gasteiger partial charge in [0.2, 0.25) is 0 Å². The van der Waals surface area contributed by atoms with Crippen LogP contribution in [0.1, 0.15) is 59.8 Å². The first-order valence-corrected chi connectivity index (χ1v) is 10.0. The second-order valence-corrected chi connectivity index (χ2v) is 7.30. The molecule has 0 bridgehead atoms. The highest BCUT2D eigenvalue weighted by Crippen LogP contribution is 2.06. The van der Waals surface area contributed by atoms with Gasteiger partial charge in [0.05, 0.1) is 6.54 Å². The Hall–Kier alpha value is -0.810. The first kappa shape index (κ1) is 21.2. The molecular formula is C19H41N5. The van der Waals surface area contributed by atoms with Gasteiger partial charge in [-0.05, 0) is 34.2 Å². The number of guanidine groups is 1. The number of hydrogen-bond acceptors (Lipinski definition) is 3. The molecule has 0 saturated carbocycles. The molecule has 0 spiro atoms. The zero-order valence-corrected chi connectivity index (χ0v) is 16.8. The molecule has 1 saturated heterocycles. The summed E-state index contributed by atoms with van der Waals surface area (Å²) >= 11 is 0. The van der Waals surface area contributed by atoms with E-state index in [0.29, 0.717) is 12.1 Å². The topological polar surface area (TPSA) is 42.9 Å². The molecule has 24 heavy (non-hydrogen) atoms. The smallest absolute Gasteiger partial charge is 0.191 e.